The van der Waals surface area contributed by atoms with Crippen LogP contribution in [0.5, 0.6) is 0 Å². The Kier molecular flexibility index (Phi) is 7.20. The summed E-state index contributed by atoms with van der Waals surface area (Å²) in [6, 6.07) is 25.4. The summed E-state index contributed by atoms with van der Waals surface area (Å²) in [5.41, 5.74) is 8.37. The van der Waals surface area contributed by atoms with E-state index in [9.17, 15) is 14.4 Å². The van der Waals surface area contributed by atoms with E-state index in [0.717, 1.165) is 28.3 Å². The summed E-state index contributed by atoms with van der Waals surface area (Å²) in [6.07, 6.45) is 1.13. The van der Waals surface area contributed by atoms with Crippen molar-refractivity contribution >= 4 is 62.9 Å². The molecule has 4 aromatic rings. The van der Waals surface area contributed by atoms with Gasteiger partial charge < -0.3 is 10.7 Å². The van der Waals surface area contributed by atoms with Crippen LogP contribution in [0.2, 0.25) is 0 Å². The third-order valence-electron chi connectivity index (χ3n) is 5.49. The van der Waals surface area contributed by atoms with Gasteiger partial charge in [0.1, 0.15) is 5.57 Å². The molecule has 1 aliphatic heterocycles. The number of carbonyl (C=O) groups excluding carboxylic acids is 3. The summed E-state index contributed by atoms with van der Waals surface area (Å²) in [5.74, 6) is -1.73. The highest BCUT2D eigenvalue weighted by atomic mass is 32.1. The van der Waals surface area contributed by atoms with Crippen molar-refractivity contribution in [2.75, 3.05) is 10.2 Å². The Hall–Kier alpha value is -4.87. The second kappa shape index (κ2) is 11.0. The van der Waals surface area contributed by atoms with Gasteiger partial charge in [0.2, 0.25) is 0 Å². The highest BCUT2D eigenvalue weighted by molar-refractivity contribution is 7.80. The van der Waals surface area contributed by atoms with E-state index >= 15 is 0 Å². The number of hydrazine groups is 1. The van der Waals surface area contributed by atoms with E-state index in [-0.39, 0.29) is 10.7 Å². The minimum absolute atomic E-state index is 0.0184. The van der Waals surface area contributed by atoms with Crippen LogP contribution in [0.25, 0.3) is 11.3 Å². The van der Waals surface area contributed by atoms with Gasteiger partial charge in [-0.3, -0.25) is 30.0 Å². The van der Waals surface area contributed by atoms with E-state index in [2.05, 4.69) is 26.5 Å². The summed E-state index contributed by atoms with van der Waals surface area (Å²) >= 11 is 6.64. The first-order chi connectivity index (χ1) is 18.5. The van der Waals surface area contributed by atoms with Gasteiger partial charge in [0.25, 0.3) is 17.7 Å². The number of para-hydroxylation sites is 1. The molecule has 1 saturated heterocycles. The zero-order valence-electron chi connectivity index (χ0n) is 19.7. The van der Waals surface area contributed by atoms with Gasteiger partial charge in [-0.15, -0.1) is 11.3 Å². The molecular formula is C27H20N6O3S2. The average molecular weight is 541 g/mol. The predicted molar refractivity (Wildman–Crippen MR) is 151 cm³/mol. The van der Waals surface area contributed by atoms with E-state index in [1.165, 1.54) is 16.2 Å². The molecule has 0 aliphatic carbocycles. The van der Waals surface area contributed by atoms with Gasteiger partial charge in [-0.1, -0.05) is 48.5 Å². The topological polar surface area (TPSA) is 115 Å². The van der Waals surface area contributed by atoms with Crippen molar-refractivity contribution in [1.29, 1.82) is 0 Å². The van der Waals surface area contributed by atoms with Crippen LogP contribution >= 0.6 is 23.6 Å². The Balaban J connectivity index is 1.19. The van der Waals surface area contributed by atoms with Crippen molar-refractivity contribution in [3.8, 4) is 11.3 Å². The standard InChI is InChI=1S/C27H20N6O3S2/c34-23(32-28-15-21-24(35)31-27(37)33(25(21)36)20-9-5-2-6-10-20)18-11-13-19(14-12-18)29-26-30-22(16-38-26)17-7-3-1-4-8-17/h1-16,28H,(H,29,30)(H,32,34)(H,31,35,37). The second-order valence-corrected chi connectivity index (χ2v) is 9.24. The van der Waals surface area contributed by atoms with Gasteiger partial charge in [0.15, 0.2) is 10.2 Å². The molecule has 1 aromatic heterocycles. The predicted octanol–water partition coefficient (Wildman–Crippen LogP) is 4.12. The Morgan fingerprint density at radius 2 is 1.63 bits per heavy atom. The van der Waals surface area contributed by atoms with Crippen LogP contribution in [0.15, 0.2) is 102 Å². The van der Waals surface area contributed by atoms with E-state index < -0.39 is 17.7 Å². The molecule has 0 radical (unpaired) electrons. The van der Waals surface area contributed by atoms with Crippen molar-refractivity contribution in [3.05, 3.63) is 108 Å². The molecule has 3 aromatic carbocycles. The third-order valence-corrected chi connectivity index (χ3v) is 6.53. The summed E-state index contributed by atoms with van der Waals surface area (Å²) in [6.45, 7) is 0. The number of benzene rings is 3. The number of thiazole rings is 1. The van der Waals surface area contributed by atoms with Gasteiger partial charge in [-0.05, 0) is 48.6 Å². The molecule has 3 amide bonds. The maximum Gasteiger partial charge on any atom is 0.271 e. The molecule has 0 atom stereocenters. The molecule has 11 heteroatoms. The summed E-state index contributed by atoms with van der Waals surface area (Å²) < 4.78 is 0. The molecule has 0 spiro atoms. The lowest BCUT2D eigenvalue weighted by atomic mass is 10.1. The second-order valence-electron chi connectivity index (χ2n) is 8.00. The van der Waals surface area contributed by atoms with Crippen molar-refractivity contribution in [2.45, 2.75) is 0 Å². The summed E-state index contributed by atoms with van der Waals surface area (Å²) in [7, 11) is 0. The number of aromatic nitrogens is 1. The van der Waals surface area contributed by atoms with Gasteiger partial charge >= 0.3 is 0 Å². The Bertz CT molecular complexity index is 1540. The first-order valence-electron chi connectivity index (χ1n) is 11.4. The smallest absolute Gasteiger partial charge is 0.271 e. The number of nitrogens with one attached hydrogen (secondary N) is 4. The van der Waals surface area contributed by atoms with E-state index in [0.29, 0.717) is 11.3 Å². The molecule has 38 heavy (non-hydrogen) atoms. The molecule has 188 valence electrons. The van der Waals surface area contributed by atoms with Crippen LogP contribution in [-0.2, 0) is 9.59 Å². The minimum atomic E-state index is -0.665. The molecule has 0 unspecified atom stereocenters. The fourth-order valence-corrected chi connectivity index (χ4v) is 4.64. The summed E-state index contributed by atoms with van der Waals surface area (Å²) in [4.78, 5) is 43.6. The zero-order valence-corrected chi connectivity index (χ0v) is 21.3. The normalized spacial score (nSPS) is 14.3. The Labute approximate surface area is 227 Å². The minimum Gasteiger partial charge on any atom is -0.332 e. The number of thiocarbonyl (C=S) groups is 1. The zero-order chi connectivity index (χ0) is 26.5. The third kappa shape index (κ3) is 5.43. The highest BCUT2D eigenvalue weighted by Crippen LogP contribution is 2.27. The number of nitrogens with zero attached hydrogens (tertiary/aromatic N) is 2. The molecule has 2 heterocycles. The van der Waals surface area contributed by atoms with Crippen LogP contribution < -0.4 is 26.4 Å². The van der Waals surface area contributed by atoms with E-state index in [1.54, 1.807) is 54.6 Å². The number of amides is 3. The van der Waals surface area contributed by atoms with Gasteiger partial charge in [-0.25, -0.2) is 4.98 Å². The molecule has 1 fully saturated rings. The molecule has 1 aliphatic rings. The lowest BCUT2D eigenvalue weighted by Gasteiger charge is -2.28. The summed E-state index contributed by atoms with van der Waals surface area (Å²) in [5, 5.41) is 8.40. The Morgan fingerprint density at radius 3 is 2.34 bits per heavy atom. The maximum atomic E-state index is 12.9. The lowest BCUT2D eigenvalue weighted by Crippen LogP contribution is -2.54. The fourth-order valence-electron chi connectivity index (χ4n) is 3.62. The first-order valence-corrected chi connectivity index (χ1v) is 12.7. The number of hydrogen-bond acceptors (Lipinski definition) is 8. The van der Waals surface area contributed by atoms with Crippen molar-refractivity contribution in [2.24, 2.45) is 0 Å². The maximum absolute atomic E-state index is 12.9. The number of rotatable bonds is 7. The number of carbonyl (C=O) groups is 3. The molecular weight excluding hydrogens is 520 g/mol. The van der Waals surface area contributed by atoms with Crippen molar-refractivity contribution in [1.82, 2.24) is 21.2 Å². The highest BCUT2D eigenvalue weighted by Gasteiger charge is 2.34. The van der Waals surface area contributed by atoms with Crippen molar-refractivity contribution in [3.63, 3.8) is 0 Å². The number of hydrogen-bond donors (Lipinski definition) is 4. The van der Waals surface area contributed by atoms with Gasteiger partial charge in [-0.2, -0.15) is 0 Å². The first kappa shape index (κ1) is 24.8. The molecule has 0 saturated carbocycles. The quantitative estimate of drug-likeness (QED) is 0.121. The van der Waals surface area contributed by atoms with Crippen LogP contribution in [0, 0.1) is 0 Å². The average Bonchev–Trinajstić information content (AvgIpc) is 3.40. The van der Waals surface area contributed by atoms with Gasteiger partial charge in [0, 0.05) is 28.4 Å². The molecule has 5 rings (SSSR count). The van der Waals surface area contributed by atoms with Crippen LogP contribution in [0.4, 0.5) is 16.5 Å². The van der Waals surface area contributed by atoms with Crippen LogP contribution in [0.3, 0.4) is 0 Å². The molecule has 9 nitrogen and oxygen atoms in total. The SMILES string of the molecule is O=C1NC(=S)N(c2ccccc2)C(=O)C1=CNNC(=O)c1ccc(Nc2nc(-c3ccccc3)cs2)cc1. The van der Waals surface area contributed by atoms with Gasteiger partial charge in [0.05, 0.1) is 11.4 Å². The van der Waals surface area contributed by atoms with Crippen molar-refractivity contribution < 1.29 is 14.4 Å². The fraction of sp³-hybridized carbons (Fsp3) is 0. The van der Waals surface area contributed by atoms with E-state index in [1.807, 2.05) is 35.7 Å². The lowest BCUT2D eigenvalue weighted by molar-refractivity contribution is -0.122. The molecule has 4 N–H and O–H groups in total. The molecule has 0 bridgehead atoms. The van der Waals surface area contributed by atoms with Crippen LogP contribution in [0.1, 0.15) is 10.4 Å². The van der Waals surface area contributed by atoms with Crippen LogP contribution in [-0.4, -0.2) is 27.8 Å². The Morgan fingerprint density at radius 1 is 0.947 bits per heavy atom. The monoisotopic (exact) mass is 540 g/mol. The van der Waals surface area contributed by atoms with E-state index in [4.69, 9.17) is 12.2 Å². The number of anilines is 3. The largest absolute Gasteiger partial charge is 0.332 e.